The molecule has 3 N–H and O–H groups in total. The van der Waals surface area contributed by atoms with Crippen LogP contribution in [-0.2, 0) is 14.4 Å². The van der Waals surface area contributed by atoms with Crippen molar-refractivity contribution >= 4 is 35.1 Å². The van der Waals surface area contributed by atoms with Crippen molar-refractivity contribution in [2.45, 2.75) is 38.6 Å². The van der Waals surface area contributed by atoms with E-state index in [4.69, 9.17) is 21.4 Å². The van der Waals surface area contributed by atoms with Gasteiger partial charge in [0.05, 0.1) is 5.02 Å². The highest BCUT2D eigenvalue weighted by atomic mass is 35.5. The van der Waals surface area contributed by atoms with Gasteiger partial charge in [0.25, 0.3) is 0 Å². The number of rotatable bonds is 7. The first-order valence-corrected chi connectivity index (χ1v) is 8.50. The number of carboxylic acid groups (broad SMARTS) is 1. The summed E-state index contributed by atoms with van der Waals surface area (Å²) in [4.78, 5) is 34.8. The number of ether oxygens (including phenoxy) is 1. The highest BCUT2D eigenvalue weighted by molar-refractivity contribution is 6.32. The second-order valence-electron chi connectivity index (χ2n) is 6.03. The third kappa shape index (κ3) is 5.63. The monoisotopic (exact) mass is 368 g/mol. The molecule has 0 radical (unpaired) electrons. The first kappa shape index (κ1) is 19.1. The minimum absolute atomic E-state index is 0.00429. The highest BCUT2D eigenvalue weighted by Gasteiger charge is 2.25. The van der Waals surface area contributed by atoms with Crippen molar-refractivity contribution < 1.29 is 24.2 Å². The zero-order valence-corrected chi connectivity index (χ0v) is 14.6. The van der Waals surface area contributed by atoms with Gasteiger partial charge in [0.2, 0.25) is 11.8 Å². The van der Waals surface area contributed by atoms with Crippen LogP contribution in [0, 0.1) is 5.92 Å². The van der Waals surface area contributed by atoms with Crippen molar-refractivity contribution in [2.75, 3.05) is 11.9 Å². The van der Waals surface area contributed by atoms with Crippen LogP contribution < -0.4 is 15.4 Å². The van der Waals surface area contributed by atoms with Crippen molar-refractivity contribution in [3.05, 3.63) is 23.2 Å². The lowest BCUT2D eigenvalue weighted by molar-refractivity contribution is -0.139. The quantitative estimate of drug-likeness (QED) is 0.685. The smallest absolute Gasteiger partial charge is 0.341 e. The van der Waals surface area contributed by atoms with Gasteiger partial charge in [0, 0.05) is 11.6 Å². The highest BCUT2D eigenvalue weighted by Crippen LogP contribution is 2.28. The van der Waals surface area contributed by atoms with Crippen LogP contribution in [0.5, 0.6) is 5.75 Å². The molecule has 136 valence electrons. The molecule has 25 heavy (non-hydrogen) atoms. The predicted octanol–water partition coefficient (Wildman–Crippen LogP) is 2.44. The number of halogens is 1. The van der Waals surface area contributed by atoms with Crippen LogP contribution in [-0.4, -0.2) is 35.5 Å². The van der Waals surface area contributed by atoms with Gasteiger partial charge in [0.15, 0.2) is 6.61 Å². The number of aliphatic carboxylic acids is 1. The van der Waals surface area contributed by atoms with E-state index in [2.05, 4.69) is 10.6 Å². The van der Waals surface area contributed by atoms with E-state index in [9.17, 15) is 14.4 Å². The number of nitrogens with one attached hydrogen (secondary N) is 2. The molecule has 0 aliphatic heterocycles. The average Bonchev–Trinajstić information content (AvgIpc) is 3.08. The first-order chi connectivity index (χ1) is 11.9. The van der Waals surface area contributed by atoms with Gasteiger partial charge in [-0.25, -0.2) is 4.79 Å². The number of carbonyl (C=O) groups is 3. The molecule has 0 saturated heterocycles. The van der Waals surface area contributed by atoms with Gasteiger partial charge in [-0.2, -0.15) is 0 Å². The maximum atomic E-state index is 12.2. The molecular weight excluding hydrogens is 348 g/mol. The maximum Gasteiger partial charge on any atom is 0.341 e. The molecular formula is C17H21ClN2O5. The number of benzene rings is 1. The Morgan fingerprint density at radius 3 is 2.60 bits per heavy atom. The van der Waals surface area contributed by atoms with Crippen molar-refractivity contribution in [3.63, 3.8) is 0 Å². The van der Waals surface area contributed by atoms with E-state index in [-0.39, 0.29) is 28.5 Å². The fourth-order valence-electron chi connectivity index (χ4n) is 2.67. The molecule has 1 aliphatic rings. The number of carbonyl (C=O) groups excluding carboxylic acids is 2. The number of carboxylic acids is 1. The zero-order valence-electron chi connectivity index (χ0n) is 13.9. The lowest BCUT2D eigenvalue weighted by Crippen LogP contribution is -2.43. The Bertz CT molecular complexity index is 658. The summed E-state index contributed by atoms with van der Waals surface area (Å²) in [5, 5.41) is 14.2. The Kier molecular flexibility index (Phi) is 6.64. The Morgan fingerprint density at radius 2 is 2.00 bits per heavy atom. The van der Waals surface area contributed by atoms with Crippen LogP contribution in [0.1, 0.15) is 32.6 Å². The molecule has 1 aliphatic carbocycles. The Hall–Kier alpha value is -2.28. The van der Waals surface area contributed by atoms with Crippen LogP contribution in [0.3, 0.4) is 0 Å². The summed E-state index contributed by atoms with van der Waals surface area (Å²) in [7, 11) is 0. The summed E-state index contributed by atoms with van der Waals surface area (Å²) in [6.45, 7) is 1.11. The van der Waals surface area contributed by atoms with Gasteiger partial charge in [-0.1, -0.05) is 24.4 Å². The predicted molar refractivity (Wildman–Crippen MR) is 92.8 cm³/mol. The fourth-order valence-corrected chi connectivity index (χ4v) is 2.91. The van der Waals surface area contributed by atoms with E-state index in [1.807, 2.05) is 0 Å². The summed E-state index contributed by atoms with van der Waals surface area (Å²) >= 11 is 6.01. The van der Waals surface area contributed by atoms with Crippen molar-refractivity contribution in [2.24, 2.45) is 5.92 Å². The van der Waals surface area contributed by atoms with Gasteiger partial charge < -0.3 is 20.5 Å². The Morgan fingerprint density at radius 1 is 1.32 bits per heavy atom. The molecule has 0 spiro atoms. The topological polar surface area (TPSA) is 105 Å². The fraction of sp³-hybridized carbons (Fsp3) is 0.471. The van der Waals surface area contributed by atoms with E-state index in [1.54, 1.807) is 13.0 Å². The second kappa shape index (κ2) is 8.71. The third-order valence-electron chi connectivity index (χ3n) is 4.03. The third-order valence-corrected chi connectivity index (χ3v) is 4.32. The van der Waals surface area contributed by atoms with Crippen LogP contribution in [0.15, 0.2) is 18.2 Å². The number of hydrogen-bond acceptors (Lipinski definition) is 4. The summed E-state index contributed by atoms with van der Waals surface area (Å²) < 4.78 is 5.01. The molecule has 1 saturated carbocycles. The van der Waals surface area contributed by atoms with Crippen molar-refractivity contribution in [1.29, 1.82) is 0 Å². The molecule has 7 nitrogen and oxygen atoms in total. The summed E-state index contributed by atoms with van der Waals surface area (Å²) in [6, 6.07) is 3.81. The summed E-state index contributed by atoms with van der Waals surface area (Å²) in [5.41, 5.74) is 0.430. The van der Waals surface area contributed by atoms with E-state index in [1.165, 1.54) is 12.1 Å². The molecule has 0 heterocycles. The molecule has 1 unspecified atom stereocenters. The van der Waals surface area contributed by atoms with Gasteiger partial charge in [-0.15, -0.1) is 0 Å². The summed E-state index contributed by atoms with van der Waals surface area (Å²) in [6.07, 6.45) is 3.84. The molecule has 2 rings (SSSR count). The standard InChI is InChI=1S/C17H21ClN2O5/c1-10(19-17(24)11-4-2-3-5-11)16(23)20-12-6-7-14(13(18)8-12)25-9-15(21)22/h6-8,10-11H,2-5,9H2,1H3,(H,19,24)(H,20,23)(H,21,22). The van der Waals surface area contributed by atoms with Crippen LogP contribution >= 0.6 is 11.6 Å². The Balaban J connectivity index is 1.89. The largest absolute Gasteiger partial charge is 0.480 e. The number of amides is 2. The minimum Gasteiger partial charge on any atom is -0.480 e. The lowest BCUT2D eigenvalue weighted by Gasteiger charge is -2.17. The van der Waals surface area contributed by atoms with Gasteiger partial charge in [-0.3, -0.25) is 9.59 Å². The molecule has 1 atom stereocenters. The number of anilines is 1. The van der Waals surface area contributed by atoms with Crippen LogP contribution in [0.2, 0.25) is 5.02 Å². The molecule has 0 bridgehead atoms. The Labute approximate surface area is 150 Å². The molecule has 1 aromatic carbocycles. The SMILES string of the molecule is CC(NC(=O)C1CCCC1)C(=O)Nc1ccc(OCC(=O)O)c(Cl)c1. The van der Waals surface area contributed by atoms with E-state index < -0.39 is 18.6 Å². The lowest BCUT2D eigenvalue weighted by atomic mass is 10.1. The van der Waals surface area contributed by atoms with Crippen molar-refractivity contribution in [1.82, 2.24) is 5.32 Å². The number of hydrogen-bond donors (Lipinski definition) is 3. The minimum atomic E-state index is -1.11. The van der Waals surface area contributed by atoms with E-state index in [0.29, 0.717) is 5.69 Å². The molecule has 0 aromatic heterocycles. The molecule has 1 fully saturated rings. The van der Waals surface area contributed by atoms with Crippen LogP contribution in [0.25, 0.3) is 0 Å². The first-order valence-electron chi connectivity index (χ1n) is 8.12. The van der Waals surface area contributed by atoms with Gasteiger partial charge >= 0.3 is 5.97 Å². The average molecular weight is 369 g/mol. The normalized spacial score (nSPS) is 15.4. The van der Waals surface area contributed by atoms with Gasteiger partial charge in [0.1, 0.15) is 11.8 Å². The van der Waals surface area contributed by atoms with Crippen LogP contribution in [0.4, 0.5) is 5.69 Å². The molecule has 8 heteroatoms. The zero-order chi connectivity index (χ0) is 18.4. The van der Waals surface area contributed by atoms with Crippen molar-refractivity contribution in [3.8, 4) is 5.75 Å². The van der Waals surface area contributed by atoms with Gasteiger partial charge in [-0.05, 0) is 38.0 Å². The molecule has 2 amide bonds. The maximum absolute atomic E-state index is 12.2. The second-order valence-corrected chi connectivity index (χ2v) is 6.44. The molecule has 1 aromatic rings. The summed E-state index contributed by atoms with van der Waals surface area (Å²) in [5.74, 6) is -1.35. The van der Waals surface area contributed by atoms with E-state index in [0.717, 1.165) is 25.7 Å². The van der Waals surface area contributed by atoms with E-state index >= 15 is 0 Å².